The maximum Gasteiger partial charge on any atom is 0.269 e. The standard InChI is InChI=1S/C22H18N4O4S/c27-22(15-31-20-10-6-18(7-11-20)26(28)29)24-16-4-8-19(9-5-16)30-14-17-13-25-12-2-1-3-21(25)23-17/h1-13H,14-15H2,(H,24,27). The number of aromatic nitrogens is 2. The van der Waals surface area contributed by atoms with Gasteiger partial charge in [0.15, 0.2) is 0 Å². The molecule has 0 aliphatic carbocycles. The van der Waals surface area contributed by atoms with Gasteiger partial charge in [0.05, 0.1) is 16.4 Å². The quantitative estimate of drug-likeness (QED) is 0.248. The van der Waals surface area contributed by atoms with E-state index in [4.69, 9.17) is 4.74 Å². The summed E-state index contributed by atoms with van der Waals surface area (Å²) in [6.07, 6.45) is 3.86. The summed E-state index contributed by atoms with van der Waals surface area (Å²) in [6.45, 7) is 0.346. The molecule has 9 heteroatoms. The van der Waals surface area contributed by atoms with E-state index in [0.717, 1.165) is 16.2 Å². The van der Waals surface area contributed by atoms with Crippen LogP contribution in [0.3, 0.4) is 0 Å². The van der Waals surface area contributed by atoms with Gasteiger partial charge in [0.25, 0.3) is 5.69 Å². The van der Waals surface area contributed by atoms with Crippen LogP contribution in [0.25, 0.3) is 5.65 Å². The number of nitro groups is 1. The summed E-state index contributed by atoms with van der Waals surface area (Å²) in [4.78, 5) is 27.7. The Morgan fingerprint density at radius 3 is 2.58 bits per heavy atom. The van der Waals surface area contributed by atoms with Crippen LogP contribution < -0.4 is 10.1 Å². The van der Waals surface area contributed by atoms with Crippen LogP contribution in [-0.2, 0) is 11.4 Å². The van der Waals surface area contributed by atoms with E-state index in [1.807, 2.05) is 35.0 Å². The Balaban J connectivity index is 1.25. The number of imidazole rings is 1. The first kappa shape index (κ1) is 20.4. The molecule has 0 unspecified atom stereocenters. The summed E-state index contributed by atoms with van der Waals surface area (Å²) in [5, 5.41) is 13.5. The second-order valence-corrected chi connectivity index (χ2v) is 7.65. The zero-order chi connectivity index (χ0) is 21.6. The maximum atomic E-state index is 12.2. The highest BCUT2D eigenvalue weighted by molar-refractivity contribution is 8.00. The molecule has 0 fully saturated rings. The summed E-state index contributed by atoms with van der Waals surface area (Å²) in [6, 6.07) is 19.0. The fourth-order valence-electron chi connectivity index (χ4n) is 2.86. The predicted octanol–water partition coefficient (Wildman–Crippen LogP) is 4.55. The minimum Gasteiger partial charge on any atom is -0.487 e. The number of benzene rings is 2. The van der Waals surface area contributed by atoms with Gasteiger partial charge in [-0.1, -0.05) is 6.07 Å². The third-order valence-corrected chi connectivity index (χ3v) is 5.37. The van der Waals surface area contributed by atoms with Crippen molar-refractivity contribution in [3.63, 3.8) is 0 Å². The number of rotatable bonds is 8. The lowest BCUT2D eigenvalue weighted by Crippen LogP contribution is -2.13. The van der Waals surface area contributed by atoms with Gasteiger partial charge < -0.3 is 14.5 Å². The minimum atomic E-state index is -0.452. The van der Waals surface area contributed by atoms with E-state index in [0.29, 0.717) is 18.0 Å². The van der Waals surface area contributed by atoms with Gasteiger partial charge >= 0.3 is 0 Å². The van der Waals surface area contributed by atoms with Gasteiger partial charge in [-0.2, -0.15) is 0 Å². The SMILES string of the molecule is O=C(CSc1ccc([N+](=O)[O-])cc1)Nc1ccc(OCc2cn3ccccc3n2)cc1. The number of nitrogens with zero attached hydrogens (tertiary/aromatic N) is 3. The molecule has 0 atom stereocenters. The monoisotopic (exact) mass is 434 g/mol. The number of hydrogen-bond acceptors (Lipinski definition) is 6. The molecule has 1 amide bonds. The Morgan fingerprint density at radius 1 is 1.10 bits per heavy atom. The summed E-state index contributed by atoms with van der Waals surface area (Å²) in [5.41, 5.74) is 2.38. The molecule has 2 heterocycles. The number of fused-ring (bicyclic) bond motifs is 1. The van der Waals surface area contributed by atoms with Crippen LogP contribution in [0.15, 0.2) is 84.0 Å². The fourth-order valence-corrected chi connectivity index (χ4v) is 3.56. The Labute approximate surface area is 182 Å². The second kappa shape index (κ2) is 9.31. The normalized spacial score (nSPS) is 10.7. The van der Waals surface area contributed by atoms with Crippen LogP contribution in [0.2, 0.25) is 0 Å². The van der Waals surface area contributed by atoms with Crippen molar-refractivity contribution in [2.24, 2.45) is 0 Å². The maximum absolute atomic E-state index is 12.2. The van der Waals surface area contributed by atoms with Crippen molar-refractivity contribution in [3.8, 4) is 5.75 Å². The van der Waals surface area contributed by atoms with E-state index in [1.54, 1.807) is 36.4 Å². The average molecular weight is 434 g/mol. The second-order valence-electron chi connectivity index (χ2n) is 6.60. The molecule has 4 rings (SSSR count). The van der Waals surface area contributed by atoms with Crippen LogP contribution in [0, 0.1) is 10.1 Å². The molecule has 1 N–H and O–H groups in total. The molecule has 4 aromatic rings. The molecule has 2 aromatic carbocycles. The van der Waals surface area contributed by atoms with Crippen molar-refractivity contribution in [2.45, 2.75) is 11.5 Å². The summed E-state index contributed by atoms with van der Waals surface area (Å²) >= 11 is 1.31. The molecular formula is C22H18N4O4S. The van der Waals surface area contributed by atoms with Crippen LogP contribution in [0.5, 0.6) is 5.75 Å². The van der Waals surface area contributed by atoms with Gasteiger partial charge in [-0.3, -0.25) is 14.9 Å². The van der Waals surface area contributed by atoms with Gasteiger partial charge in [-0.05, 0) is 48.5 Å². The van der Waals surface area contributed by atoms with Crippen molar-refractivity contribution in [2.75, 3.05) is 11.1 Å². The van der Waals surface area contributed by atoms with Crippen molar-refractivity contribution in [1.82, 2.24) is 9.38 Å². The summed E-state index contributed by atoms with van der Waals surface area (Å²) in [5.74, 6) is 0.710. The number of hydrogen-bond donors (Lipinski definition) is 1. The van der Waals surface area contributed by atoms with Gasteiger partial charge in [0.2, 0.25) is 5.91 Å². The molecule has 156 valence electrons. The molecule has 0 aliphatic rings. The number of anilines is 1. The largest absolute Gasteiger partial charge is 0.487 e. The average Bonchev–Trinajstić information content (AvgIpc) is 3.20. The van der Waals surface area contributed by atoms with Crippen LogP contribution in [-0.4, -0.2) is 26.0 Å². The van der Waals surface area contributed by atoms with Crippen LogP contribution in [0.1, 0.15) is 5.69 Å². The molecule has 0 saturated heterocycles. The van der Waals surface area contributed by atoms with Gasteiger partial charge in [-0.15, -0.1) is 11.8 Å². The molecule has 0 aliphatic heterocycles. The van der Waals surface area contributed by atoms with Crippen molar-refractivity contribution in [3.05, 3.63) is 94.9 Å². The topological polar surface area (TPSA) is 98.8 Å². The number of nitro benzene ring substituents is 1. The number of thioether (sulfide) groups is 1. The van der Waals surface area contributed by atoms with Crippen molar-refractivity contribution in [1.29, 1.82) is 0 Å². The number of pyridine rings is 1. The smallest absolute Gasteiger partial charge is 0.269 e. The number of carbonyl (C=O) groups excluding carboxylic acids is 1. The van der Waals surface area contributed by atoms with E-state index in [2.05, 4.69) is 10.3 Å². The first-order valence-electron chi connectivity index (χ1n) is 9.39. The third kappa shape index (κ3) is 5.40. The number of nitrogens with one attached hydrogen (secondary N) is 1. The van der Waals surface area contributed by atoms with Crippen molar-refractivity contribution >= 4 is 34.7 Å². The summed E-state index contributed by atoms with van der Waals surface area (Å²) < 4.78 is 7.71. The molecule has 8 nitrogen and oxygen atoms in total. The highest BCUT2D eigenvalue weighted by atomic mass is 32.2. The Kier molecular flexibility index (Phi) is 6.13. The number of ether oxygens (including phenoxy) is 1. The Hall–Kier alpha value is -3.85. The van der Waals surface area contributed by atoms with E-state index in [-0.39, 0.29) is 17.3 Å². The lowest BCUT2D eigenvalue weighted by Gasteiger charge is -2.07. The molecule has 2 aromatic heterocycles. The lowest BCUT2D eigenvalue weighted by molar-refractivity contribution is -0.384. The van der Waals surface area contributed by atoms with Crippen LogP contribution >= 0.6 is 11.8 Å². The molecular weight excluding hydrogens is 416 g/mol. The first-order chi connectivity index (χ1) is 15.1. The molecule has 0 saturated carbocycles. The molecule has 31 heavy (non-hydrogen) atoms. The first-order valence-corrected chi connectivity index (χ1v) is 10.4. The highest BCUT2D eigenvalue weighted by Crippen LogP contribution is 2.22. The predicted molar refractivity (Wildman–Crippen MR) is 118 cm³/mol. The van der Waals surface area contributed by atoms with Crippen molar-refractivity contribution < 1.29 is 14.5 Å². The molecule has 0 radical (unpaired) electrons. The zero-order valence-electron chi connectivity index (χ0n) is 16.3. The number of amides is 1. The van der Waals surface area contributed by atoms with Gasteiger partial charge in [0, 0.05) is 35.1 Å². The summed E-state index contributed by atoms with van der Waals surface area (Å²) in [7, 11) is 0. The van der Waals surface area contributed by atoms with Gasteiger partial charge in [0.1, 0.15) is 18.0 Å². The number of non-ortho nitro benzene ring substituents is 1. The van der Waals surface area contributed by atoms with E-state index in [9.17, 15) is 14.9 Å². The number of carbonyl (C=O) groups is 1. The van der Waals surface area contributed by atoms with E-state index >= 15 is 0 Å². The minimum absolute atomic E-state index is 0.0253. The van der Waals surface area contributed by atoms with E-state index < -0.39 is 4.92 Å². The molecule has 0 bridgehead atoms. The lowest BCUT2D eigenvalue weighted by atomic mass is 10.3. The third-order valence-electron chi connectivity index (χ3n) is 4.36. The fraction of sp³-hybridized carbons (Fsp3) is 0.0909. The zero-order valence-corrected chi connectivity index (χ0v) is 17.1. The van der Waals surface area contributed by atoms with Crippen LogP contribution in [0.4, 0.5) is 11.4 Å². The van der Waals surface area contributed by atoms with E-state index in [1.165, 1.54) is 23.9 Å². The van der Waals surface area contributed by atoms with Gasteiger partial charge in [-0.25, -0.2) is 4.98 Å². The molecule has 0 spiro atoms. The Bertz CT molecular complexity index is 1170. The highest BCUT2D eigenvalue weighted by Gasteiger charge is 2.08. The Morgan fingerprint density at radius 2 is 1.87 bits per heavy atom.